The number of urea groups is 1. The van der Waals surface area contributed by atoms with Gasteiger partial charge in [0, 0.05) is 37.7 Å². The summed E-state index contributed by atoms with van der Waals surface area (Å²) in [6.07, 6.45) is 7.22. The van der Waals surface area contributed by atoms with E-state index in [1.54, 1.807) is 55.0 Å². The summed E-state index contributed by atoms with van der Waals surface area (Å²) >= 11 is 0. The molecule has 4 aromatic rings. The number of carbonyl (C=O) groups excluding carboxylic acids is 1. The fourth-order valence-electron chi connectivity index (χ4n) is 3.53. The van der Waals surface area contributed by atoms with E-state index in [1.165, 1.54) is 0 Å². The third kappa shape index (κ3) is 6.36. The number of hydrogen-bond donors (Lipinski definition) is 3. The van der Waals surface area contributed by atoms with Gasteiger partial charge in [-0.2, -0.15) is 5.10 Å². The van der Waals surface area contributed by atoms with Crippen molar-refractivity contribution in [2.45, 2.75) is 13.0 Å². The minimum atomic E-state index is -0.312. The van der Waals surface area contributed by atoms with Crippen LogP contribution in [0.2, 0.25) is 0 Å². The number of aliphatic hydroxyl groups excluding tert-OH is 1. The lowest BCUT2D eigenvalue weighted by atomic mass is 10.1. The maximum atomic E-state index is 13.3. The summed E-state index contributed by atoms with van der Waals surface area (Å²) in [6, 6.07) is 16.3. The van der Waals surface area contributed by atoms with Gasteiger partial charge in [-0.3, -0.25) is 10.1 Å². The van der Waals surface area contributed by atoms with Crippen molar-refractivity contribution in [1.29, 1.82) is 0 Å². The van der Waals surface area contributed by atoms with Crippen molar-refractivity contribution in [3.63, 3.8) is 0 Å². The first kappa shape index (κ1) is 23.8. The monoisotopic (exact) mass is 473 g/mol. The summed E-state index contributed by atoms with van der Waals surface area (Å²) in [4.78, 5) is 19.1. The van der Waals surface area contributed by atoms with Crippen LogP contribution in [0.4, 0.5) is 10.5 Å². The highest BCUT2D eigenvalue weighted by atomic mass is 16.5. The van der Waals surface area contributed by atoms with Gasteiger partial charge >= 0.3 is 6.03 Å². The van der Waals surface area contributed by atoms with Gasteiger partial charge in [0.2, 0.25) is 0 Å². The molecule has 0 aliphatic heterocycles. The molecule has 0 unspecified atom stereocenters. The van der Waals surface area contributed by atoms with Gasteiger partial charge in [-0.1, -0.05) is 18.2 Å². The average Bonchev–Trinajstić information content (AvgIpc) is 3.43. The topological polar surface area (TPSA) is 113 Å². The zero-order valence-electron chi connectivity index (χ0n) is 19.3. The third-order valence-electron chi connectivity index (χ3n) is 5.30. The van der Waals surface area contributed by atoms with Crippen molar-refractivity contribution in [3.05, 3.63) is 84.9 Å². The number of ether oxygens (including phenoxy) is 2. The lowest BCUT2D eigenvalue weighted by Gasteiger charge is -2.24. The SMILES string of the molecule is COc1cccc(CN(CCCO)C(=O)Nc2ccc(-c3cn[nH]c3)cc2Oc2cccnc2)c1. The van der Waals surface area contributed by atoms with E-state index in [1.807, 2.05) is 36.4 Å². The molecule has 2 aromatic carbocycles. The molecule has 0 atom stereocenters. The fourth-order valence-corrected chi connectivity index (χ4v) is 3.53. The Morgan fingerprint density at radius 1 is 1.09 bits per heavy atom. The number of anilines is 1. The van der Waals surface area contributed by atoms with Crippen LogP contribution in [-0.2, 0) is 6.54 Å². The standard InChI is InChI=1S/C26H27N5O4/c1-34-22-6-2-5-19(13-22)18-31(11-4-12-32)26(33)30-24-9-8-20(21-15-28-29-16-21)14-25(24)35-23-7-3-10-27-17-23/h2-3,5-10,13-17,32H,4,11-12,18H2,1H3,(H,28,29)(H,30,33). The minimum absolute atomic E-state index is 0.0172. The average molecular weight is 474 g/mol. The number of carbonyl (C=O) groups is 1. The molecule has 35 heavy (non-hydrogen) atoms. The molecule has 9 heteroatoms. The number of rotatable bonds is 10. The first-order valence-electron chi connectivity index (χ1n) is 11.2. The maximum absolute atomic E-state index is 13.3. The van der Waals surface area contributed by atoms with Crippen LogP contribution in [0.3, 0.4) is 0 Å². The van der Waals surface area contributed by atoms with Crippen LogP contribution in [0.15, 0.2) is 79.4 Å². The third-order valence-corrected chi connectivity index (χ3v) is 5.30. The summed E-state index contributed by atoms with van der Waals surface area (Å²) in [5, 5.41) is 19.1. The normalized spacial score (nSPS) is 10.6. The molecule has 0 spiro atoms. The highest BCUT2D eigenvalue weighted by Crippen LogP contribution is 2.34. The Labute approximate surface area is 203 Å². The van der Waals surface area contributed by atoms with Crippen molar-refractivity contribution in [2.24, 2.45) is 0 Å². The van der Waals surface area contributed by atoms with Crippen molar-refractivity contribution in [1.82, 2.24) is 20.1 Å². The van der Waals surface area contributed by atoms with Gasteiger partial charge in [0.05, 0.1) is 25.2 Å². The lowest BCUT2D eigenvalue weighted by molar-refractivity contribution is 0.199. The molecule has 2 amide bonds. The van der Waals surface area contributed by atoms with Crippen LogP contribution in [0.5, 0.6) is 17.2 Å². The summed E-state index contributed by atoms with van der Waals surface area (Å²) < 4.78 is 11.4. The largest absolute Gasteiger partial charge is 0.497 e. The number of pyridine rings is 1. The van der Waals surface area contributed by atoms with Crippen molar-refractivity contribution < 1.29 is 19.4 Å². The quantitative estimate of drug-likeness (QED) is 0.308. The van der Waals surface area contributed by atoms with E-state index >= 15 is 0 Å². The predicted octanol–water partition coefficient (Wildman–Crippen LogP) is 4.69. The van der Waals surface area contributed by atoms with Crippen LogP contribution in [0.25, 0.3) is 11.1 Å². The Morgan fingerprint density at radius 2 is 1.97 bits per heavy atom. The van der Waals surface area contributed by atoms with Crippen LogP contribution < -0.4 is 14.8 Å². The number of aromatic nitrogens is 3. The molecule has 0 fully saturated rings. The second-order valence-corrected chi connectivity index (χ2v) is 7.77. The highest BCUT2D eigenvalue weighted by Gasteiger charge is 2.18. The van der Waals surface area contributed by atoms with E-state index in [-0.39, 0.29) is 12.6 Å². The van der Waals surface area contributed by atoms with E-state index in [9.17, 15) is 9.90 Å². The number of aromatic amines is 1. The van der Waals surface area contributed by atoms with Gasteiger partial charge in [-0.15, -0.1) is 0 Å². The van der Waals surface area contributed by atoms with Gasteiger partial charge in [0.15, 0.2) is 5.75 Å². The summed E-state index contributed by atoms with van der Waals surface area (Å²) in [5.74, 6) is 1.72. The number of H-pyrrole nitrogens is 1. The second-order valence-electron chi connectivity index (χ2n) is 7.77. The Balaban J connectivity index is 1.59. The Kier molecular flexibility index (Phi) is 7.92. The molecule has 2 heterocycles. The molecule has 0 saturated heterocycles. The molecule has 9 nitrogen and oxygen atoms in total. The van der Waals surface area contributed by atoms with Crippen LogP contribution in [0, 0.1) is 0 Å². The lowest BCUT2D eigenvalue weighted by Crippen LogP contribution is -2.35. The Bertz CT molecular complexity index is 1230. The summed E-state index contributed by atoms with van der Waals surface area (Å²) in [6.45, 7) is 0.719. The summed E-state index contributed by atoms with van der Waals surface area (Å²) in [7, 11) is 1.60. The zero-order chi connectivity index (χ0) is 24.5. The van der Waals surface area contributed by atoms with Crippen LogP contribution >= 0.6 is 0 Å². The molecule has 4 rings (SSSR count). The molecule has 0 saturated carbocycles. The highest BCUT2D eigenvalue weighted by molar-refractivity contribution is 5.91. The van der Waals surface area contributed by atoms with Crippen LogP contribution in [0.1, 0.15) is 12.0 Å². The second kappa shape index (κ2) is 11.7. The number of aliphatic hydroxyl groups is 1. The number of methoxy groups -OCH3 is 1. The van der Waals surface area contributed by atoms with Gasteiger partial charge < -0.3 is 24.8 Å². The van der Waals surface area contributed by atoms with E-state index in [4.69, 9.17) is 9.47 Å². The van der Waals surface area contributed by atoms with E-state index in [2.05, 4.69) is 20.5 Å². The van der Waals surface area contributed by atoms with Crippen LogP contribution in [-0.4, -0.2) is 51.5 Å². The molecular formula is C26H27N5O4. The van der Waals surface area contributed by atoms with E-state index in [0.717, 1.165) is 16.7 Å². The number of nitrogens with one attached hydrogen (secondary N) is 2. The molecule has 2 aromatic heterocycles. The first-order valence-corrected chi connectivity index (χ1v) is 11.2. The Morgan fingerprint density at radius 3 is 2.71 bits per heavy atom. The Hall–Kier alpha value is -4.37. The first-order chi connectivity index (χ1) is 17.2. The van der Waals surface area contributed by atoms with E-state index in [0.29, 0.717) is 42.4 Å². The van der Waals surface area contributed by atoms with Gasteiger partial charge in [-0.05, 0) is 53.9 Å². The molecule has 0 radical (unpaired) electrons. The fraction of sp³-hybridized carbons (Fsp3) is 0.192. The van der Waals surface area contributed by atoms with Crippen molar-refractivity contribution >= 4 is 11.7 Å². The molecule has 0 bridgehead atoms. The molecule has 0 aliphatic carbocycles. The van der Waals surface area contributed by atoms with Crippen molar-refractivity contribution in [3.8, 4) is 28.4 Å². The van der Waals surface area contributed by atoms with Gasteiger partial charge in [0.25, 0.3) is 0 Å². The molecule has 180 valence electrons. The molecule has 0 aliphatic rings. The number of benzene rings is 2. The number of hydrogen-bond acceptors (Lipinski definition) is 6. The van der Waals surface area contributed by atoms with Crippen molar-refractivity contribution in [2.75, 3.05) is 25.6 Å². The molecule has 3 N–H and O–H groups in total. The van der Waals surface area contributed by atoms with E-state index < -0.39 is 0 Å². The smallest absolute Gasteiger partial charge is 0.322 e. The van der Waals surface area contributed by atoms with Gasteiger partial charge in [0.1, 0.15) is 11.5 Å². The number of amides is 2. The predicted molar refractivity (Wildman–Crippen MR) is 132 cm³/mol. The summed E-state index contributed by atoms with van der Waals surface area (Å²) in [5.41, 5.74) is 3.19. The number of nitrogens with zero attached hydrogens (tertiary/aromatic N) is 3. The molecular weight excluding hydrogens is 446 g/mol. The maximum Gasteiger partial charge on any atom is 0.322 e. The van der Waals surface area contributed by atoms with Gasteiger partial charge in [-0.25, -0.2) is 4.79 Å². The minimum Gasteiger partial charge on any atom is -0.497 e. The zero-order valence-corrected chi connectivity index (χ0v) is 19.3.